The van der Waals surface area contributed by atoms with Crippen LogP contribution < -0.4 is 4.74 Å². The maximum atomic E-state index is 12.7. The number of ether oxygens (including phenoxy) is 1. The predicted molar refractivity (Wildman–Crippen MR) is 123 cm³/mol. The summed E-state index contributed by atoms with van der Waals surface area (Å²) in [7, 11) is 0. The van der Waals surface area contributed by atoms with Gasteiger partial charge in [0.2, 0.25) is 0 Å². The first-order valence-corrected chi connectivity index (χ1v) is 11.1. The molecule has 3 heterocycles. The Kier molecular flexibility index (Phi) is 5.83. The van der Waals surface area contributed by atoms with E-state index in [4.69, 9.17) is 9.72 Å². The molecule has 2 aromatic carbocycles. The van der Waals surface area contributed by atoms with Gasteiger partial charge in [-0.3, -0.25) is 9.78 Å². The van der Waals surface area contributed by atoms with Gasteiger partial charge in [-0.05, 0) is 55.2 Å². The average molecular weight is 427 g/mol. The van der Waals surface area contributed by atoms with E-state index in [1.54, 1.807) is 12.3 Å². The summed E-state index contributed by atoms with van der Waals surface area (Å²) in [6, 6.07) is 23.5. The van der Waals surface area contributed by atoms with Gasteiger partial charge in [-0.15, -0.1) is 0 Å². The van der Waals surface area contributed by atoms with Gasteiger partial charge in [0.05, 0.1) is 11.0 Å². The van der Waals surface area contributed by atoms with Gasteiger partial charge in [-0.1, -0.05) is 36.4 Å². The summed E-state index contributed by atoms with van der Waals surface area (Å²) >= 11 is 0. The van der Waals surface area contributed by atoms with Gasteiger partial charge < -0.3 is 14.2 Å². The fourth-order valence-electron chi connectivity index (χ4n) is 4.33. The third-order valence-corrected chi connectivity index (χ3v) is 6.07. The van der Waals surface area contributed by atoms with Crippen molar-refractivity contribution >= 4 is 16.9 Å². The SMILES string of the molecule is O=C(c1ccccn1)N1CCC(Cn2c(COc3ccccc3)nc3ccccc32)CC1. The average Bonchev–Trinajstić information content (AvgIpc) is 3.21. The zero-order chi connectivity index (χ0) is 21.8. The molecule has 6 nitrogen and oxygen atoms in total. The number of amides is 1. The first-order chi connectivity index (χ1) is 15.8. The normalized spacial score (nSPS) is 14.6. The highest BCUT2D eigenvalue weighted by molar-refractivity contribution is 5.92. The van der Waals surface area contributed by atoms with Gasteiger partial charge in [0.15, 0.2) is 0 Å². The van der Waals surface area contributed by atoms with Crippen LogP contribution in [0.4, 0.5) is 0 Å². The van der Waals surface area contributed by atoms with Crippen molar-refractivity contribution in [3.8, 4) is 5.75 Å². The Balaban J connectivity index is 1.28. The lowest BCUT2D eigenvalue weighted by atomic mass is 9.96. The fourth-order valence-corrected chi connectivity index (χ4v) is 4.33. The largest absolute Gasteiger partial charge is 0.486 e. The van der Waals surface area contributed by atoms with Crippen LogP contribution in [0.1, 0.15) is 29.2 Å². The van der Waals surface area contributed by atoms with Crippen LogP contribution in [0.25, 0.3) is 11.0 Å². The predicted octanol–water partition coefficient (Wildman–Crippen LogP) is 4.56. The number of aromatic nitrogens is 3. The third kappa shape index (κ3) is 4.35. The maximum Gasteiger partial charge on any atom is 0.272 e. The van der Waals surface area contributed by atoms with E-state index in [0.29, 0.717) is 18.2 Å². The summed E-state index contributed by atoms with van der Waals surface area (Å²) < 4.78 is 8.30. The monoisotopic (exact) mass is 426 g/mol. The van der Waals surface area contributed by atoms with Crippen LogP contribution in [0.3, 0.4) is 0 Å². The number of para-hydroxylation sites is 3. The van der Waals surface area contributed by atoms with E-state index in [9.17, 15) is 4.79 Å². The van der Waals surface area contributed by atoms with Crippen molar-refractivity contribution < 1.29 is 9.53 Å². The number of imidazole rings is 1. The highest BCUT2D eigenvalue weighted by atomic mass is 16.5. The topological polar surface area (TPSA) is 60.2 Å². The molecular formula is C26H26N4O2. The van der Waals surface area contributed by atoms with Gasteiger partial charge in [-0.2, -0.15) is 0 Å². The number of pyridine rings is 1. The molecule has 0 unspecified atom stereocenters. The number of carbonyl (C=O) groups excluding carboxylic acids is 1. The van der Waals surface area contributed by atoms with E-state index >= 15 is 0 Å². The Hall–Kier alpha value is -3.67. The molecular weight excluding hydrogens is 400 g/mol. The van der Waals surface area contributed by atoms with Gasteiger partial charge in [0.25, 0.3) is 5.91 Å². The van der Waals surface area contributed by atoms with E-state index in [1.165, 1.54) is 0 Å². The molecule has 0 aliphatic carbocycles. The Labute approximate surface area is 187 Å². The molecule has 1 fully saturated rings. The van der Waals surface area contributed by atoms with Crippen LogP contribution in [0.2, 0.25) is 0 Å². The minimum Gasteiger partial charge on any atom is -0.486 e. The number of benzene rings is 2. The minimum atomic E-state index is 0.0223. The molecule has 5 rings (SSSR count). The Morgan fingerprint density at radius 1 is 0.938 bits per heavy atom. The fraction of sp³-hybridized carbons (Fsp3) is 0.269. The van der Waals surface area contributed by atoms with E-state index in [-0.39, 0.29) is 5.91 Å². The third-order valence-electron chi connectivity index (χ3n) is 6.07. The molecule has 2 aromatic heterocycles. The lowest BCUT2D eigenvalue weighted by molar-refractivity contribution is 0.0676. The molecule has 0 N–H and O–H groups in total. The molecule has 6 heteroatoms. The standard InChI is InChI=1S/C26H26N4O2/c31-26(23-11-6-7-15-27-23)29-16-13-20(14-17-29)18-30-24-12-5-4-10-22(24)28-25(30)19-32-21-8-2-1-3-9-21/h1-12,15,20H,13-14,16-19H2. The minimum absolute atomic E-state index is 0.0223. The van der Waals surface area contributed by atoms with Crippen molar-refractivity contribution in [2.45, 2.75) is 26.0 Å². The Morgan fingerprint density at radius 2 is 1.69 bits per heavy atom. The van der Waals surface area contributed by atoms with Crippen LogP contribution in [-0.2, 0) is 13.2 Å². The first kappa shape index (κ1) is 20.2. The summed E-state index contributed by atoms with van der Waals surface area (Å²) in [5.74, 6) is 2.28. The van der Waals surface area contributed by atoms with Crippen LogP contribution >= 0.6 is 0 Å². The van der Waals surface area contributed by atoms with Crippen LogP contribution in [-0.4, -0.2) is 38.4 Å². The van der Waals surface area contributed by atoms with Crippen molar-refractivity contribution in [2.75, 3.05) is 13.1 Å². The van der Waals surface area contributed by atoms with Crippen LogP contribution in [0.5, 0.6) is 5.75 Å². The van der Waals surface area contributed by atoms with E-state index in [0.717, 1.165) is 55.1 Å². The molecule has 0 bridgehead atoms. The molecule has 1 saturated heterocycles. The second kappa shape index (κ2) is 9.22. The highest BCUT2D eigenvalue weighted by Crippen LogP contribution is 2.25. The van der Waals surface area contributed by atoms with Gasteiger partial charge in [0, 0.05) is 25.8 Å². The number of hydrogen-bond acceptors (Lipinski definition) is 4. The molecule has 1 amide bonds. The number of hydrogen-bond donors (Lipinski definition) is 0. The Bertz CT molecular complexity index is 1180. The van der Waals surface area contributed by atoms with Crippen molar-refractivity contribution in [1.29, 1.82) is 0 Å². The van der Waals surface area contributed by atoms with Gasteiger partial charge in [-0.25, -0.2) is 4.98 Å². The number of carbonyl (C=O) groups is 1. The molecule has 4 aromatic rings. The molecule has 32 heavy (non-hydrogen) atoms. The zero-order valence-corrected chi connectivity index (χ0v) is 17.9. The van der Waals surface area contributed by atoms with Gasteiger partial charge in [0.1, 0.15) is 23.9 Å². The van der Waals surface area contributed by atoms with E-state index < -0.39 is 0 Å². The molecule has 162 valence electrons. The number of fused-ring (bicyclic) bond motifs is 1. The van der Waals surface area contributed by atoms with Gasteiger partial charge >= 0.3 is 0 Å². The highest BCUT2D eigenvalue weighted by Gasteiger charge is 2.25. The number of piperidine rings is 1. The molecule has 0 atom stereocenters. The second-order valence-electron chi connectivity index (χ2n) is 8.18. The molecule has 1 aliphatic heterocycles. The quantitative estimate of drug-likeness (QED) is 0.453. The zero-order valence-electron chi connectivity index (χ0n) is 17.9. The summed E-state index contributed by atoms with van der Waals surface area (Å²) in [4.78, 5) is 23.7. The first-order valence-electron chi connectivity index (χ1n) is 11.1. The molecule has 0 spiro atoms. The lowest BCUT2D eigenvalue weighted by Gasteiger charge is -2.32. The number of rotatable bonds is 6. The summed E-state index contributed by atoms with van der Waals surface area (Å²) in [6.45, 7) is 2.81. The summed E-state index contributed by atoms with van der Waals surface area (Å²) in [6.07, 6.45) is 3.59. The molecule has 0 radical (unpaired) electrons. The smallest absolute Gasteiger partial charge is 0.272 e. The van der Waals surface area contributed by atoms with Crippen molar-refractivity contribution in [3.05, 3.63) is 90.5 Å². The summed E-state index contributed by atoms with van der Waals surface area (Å²) in [5.41, 5.74) is 2.64. The number of nitrogens with zero attached hydrogens (tertiary/aromatic N) is 4. The lowest BCUT2D eigenvalue weighted by Crippen LogP contribution is -2.39. The Morgan fingerprint density at radius 3 is 2.47 bits per heavy atom. The van der Waals surface area contributed by atoms with Crippen LogP contribution in [0, 0.1) is 5.92 Å². The van der Waals surface area contributed by atoms with Crippen molar-refractivity contribution in [1.82, 2.24) is 19.4 Å². The van der Waals surface area contributed by atoms with Crippen LogP contribution in [0.15, 0.2) is 79.0 Å². The van der Waals surface area contributed by atoms with E-state index in [1.807, 2.05) is 59.5 Å². The van der Waals surface area contributed by atoms with E-state index in [2.05, 4.69) is 21.7 Å². The maximum absolute atomic E-state index is 12.7. The molecule has 0 saturated carbocycles. The summed E-state index contributed by atoms with van der Waals surface area (Å²) in [5, 5.41) is 0. The number of likely N-dealkylation sites (tertiary alicyclic amines) is 1. The van der Waals surface area contributed by atoms with Crippen molar-refractivity contribution in [2.24, 2.45) is 5.92 Å². The van der Waals surface area contributed by atoms with Crippen molar-refractivity contribution in [3.63, 3.8) is 0 Å². The second-order valence-corrected chi connectivity index (χ2v) is 8.18. The molecule has 1 aliphatic rings.